The van der Waals surface area contributed by atoms with Gasteiger partial charge < -0.3 is 15.2 Å². The van der Waals surface area contributed by atoms with Crippen LogP contribution in [0.25, 0.3) is 0 Å². The third-order valence-electron chi connectivity index (χ3n) is 2.98. The molecule has 0 saturated heterocycles. The molecule has 0 aliphatic carbocycles. The number of pyridine rings is 1. The molecule has 6 nitrogen and oxygen atoms in total. The molecule has 2 rings (SSSR count). The van der Waals surface area contributed by atoms with Gasteiger partial charge in [-0.05, 0) is 36.8 Å². The Morgan fingerprint density at radius 3 is 2.65 bits per heavy atom. The van der Waals surface area contributed by atoms with E-state index >= 15 is 0 Å². The third-order valence-corrected chi connectivity index (χ3v) is 3.28. The van der Waals surface area contributed by atoms with Gasteiger partial charge in [-0.1, -0.05) is 23.7 Å². The number of carbonyl (C=O) groups is 2. The maximum Gasteiger partial charge on any atom is 0.311 e. The summed E-state index contributed by atoms with van der Waals surface area (Å²) in [5.74, 6) is -0.933. The topological polar surface area (TPSA) is 88.5 Å². The normalized spacial score (nSPS) is 11.6. The Morgan fingerprint density at radius 1 is 1.30 bits per heavy atom. The van der Waals surface area contributed by atoms with E-state index in [9.17, 15) is 14.7 Å². The van der Waals surface area contributed by atoms with Gasteiger partial charge in [-0.3, -0.25) is 9.59 Å². The van der Waals surface area contributed by atoms with Crippen LogP contribution in [0, 0.1) is 0 Å². The van der Waals surface area contributed by atoms with Crippen molar-refractivity contribution in [3.63, 3.8) is 0 Å². The lowest BCUT2D eigenvalue weighted by atomic mass is 10.1. The highest BCUT2D eigenvalue weighted by Crippen LogP contribution is 2.18. The van der Waals surface area contributed by atoms with Crippen molar-refractivity contribution in [1.82, 2.24) is 4.98 Å². The zero-order valence-corrected chi connectivity index (χ0v) is 13.1. The number of halogens is 1. The lowest BCUT2D eigenvalue weighted by Gasteiger charge is -2.14. The molecule has 0 radical (unpaired) electrons. The van der Waals surface area contributed by atoms with Crippen molar-refractivity contribution in [3.05, 3.63) is 53.3 Å². The van der Waals surface area contributed by atoms with Gasteiger partial charge in [0.1, 0.15) is 5.75 Å². The number of aromatic hydroxyl groups is 1. The number of hydrogen-bond acceptors (Lipinski definition) is 5. The summed E-state index contributed by atoms with van der Waals surface area (Å²) in [6.45, 7) is 1.47. The van der Waals surface area contributed by atoms with Crippen molar-refractivity contribution in [2.45, 2.75) is 19.4 Å². The minimum absolute atomic E-state index is 0.00550. The number of benzene rings is 1. The lowest BCUT2D eigenvalue weighted by Crippen LogP contribution is -2.30. The summed E-state index contributed by atoms with van der Waals surface area (Å²) in [6.07, 6.45) is 0.529. The first-order chi connectivity index (χ1) is 11.0. The summed E-state index contributed by atoms with van der Waals surface area (Å²) in [7, 11) is 0. The quantitative estimate of drug-likeness (QED) is 0.648. The monoisotopic (exact) mass is 334 g/mol. The first-order valence-electron chi connectivity index (χ1n) is 6.84. The molecule has 0 bridgehead atoms. The van der Waals surface area contributed by atoms with Crippen LogP contribution in [0.15, 0.2) is 42.6 Å². The van der Waals surface area contributed by atoms with E-state index in [-0.39, 0.29) is 17.3 Å². The fourth-order valence-corrected chi connectivity index (χ4v) is 1.95. The van der Waals surface area contributed by atoms with Crippen LogP contribution in [-0.4, -0.2) is 28.1 Å². The smallest absolute Gasteiger partial charge is 0.311 e. The first-order valence-corrected chi connectivity index (χ1v) is 7.22. The number of carbonyl (C=O) groups excluding carboxylic acids is 2. The Bertz CT molecular complexity index is 703. The number of rotatable bonds is 5. The SMILES string of the molecule is C[C@@H](OC(=O)Cc1ccc(O)cc1)C(=O)Nc1cccnc1Cl. The summed E-state index contributed by atoms with van der Waals surface area (Å²) in [4.78, 5) is 27.7. The summed E-state index contributed by atoms with van der Waals surface area (Å²) in [6, 6.07) is 9.39. The molecule has 23 heavy (non-hydrogen) atoms. The van der Waals surface area contributed by atoms with Gasteiger partial charge in [0.25, 0.3) is 5.91 Å². The molecule has 1 atom stereocenters. The number of nitrogens with one attached hydrogen (secondary N) is 1. The van der Waals surface area contributed by atoms with Crippen LogP contribution in [0.3, 0.4) is 0 Å². The number of phenols is 1. The summed E-state index contributed by atoms with van der Waals surface area (Å²) in [5, 5.41) is 11.9. The number of anilines is 1. The fraction of sp³-hybridized carbons (Fsp3) is 0.188. The van der Waals surface area contributed by atoms with E-state index in [1.54, 1.807) is 24.3 Å². The summed E-state index contributed by atoms with van der Waals surface area (Å²) in [5.41, 5.74) is 1.02. The van der Waals surface area contributed by atoms with Gasteiger partial charge in [0.15, 0.2) is 11.3 Å². The molecule has 1 aromatic heterocycles. The summed E-state index contributed by atoms with van der Waals surface area (Å²) >= 11 is 5.84. The number of amides is 1. The van der Waals surface area contributed by atoms with E-state index < -0.39 is 18.0 Å². The van der Waals surface area contributed by atoms with Gasteiger partial charge in [-0.15, -0.1) is 0 Å². The highest BCUT2D eigenvalue weighted by molar-refractivity contribution is 6.32. The predicted octanol–water partition coefficient (Wildman–Crippen LogP) is 2.55. The van der Waals surface area contributed by atoms with Crippen molar-refractivity contribution in [1.29, 1.82) is 0 Å². The van der Waals surface area contributed by atoms with Crippen LogP contribution in [0.5, 0.6) is 5.75 Å². The van der Waals surface area contributed by atoms with E-state index in [4.69, 9.17) is 16.3 Å². The van der Waals surface area contributed by atoms with Crippen LogP contribution in [0.2, 0.25) is 5.15 Å². The van der Waals surface area contributed by atoms with Crippen LogP contribution in [-0.2, 0) is 20.7 Å². The molecule has 0 spiro atoms. The van der Waals surface area contributed by atoms with Crippen molar-refractivity contribution in [3.8, 4) is 5.75 Å². The number of ether oxygens (including phenoxy) is 1. The van der Waals surface area contributed by atoms with Gasteiger partial charge >= 0.3 is 5.97 Å². The Morgan fingerprint density at radius 2 is 2.00 bits per heavy atom. The molecule has 0 fully saturated rings. The molecule has 7 heteroatoms. The number of aromatic nitrogens is 1. The van der Waals surface area contributed by atoms with E-state index in [2.05, 4.69) is 10.3 Å². The molecule has 2 N–H and O–H groups in total. The minimum Gasteiger partial charge on any atom is -0.508 e. The van der Waals surface area contributed by atoms with Crippen molar-refractivity contribution in [2.75, 3.05) is 5.32 Å². The van der Waals surface area contributed by atoms with E-state index in [1.807, 2.05) is 0 Å². The fourth-order valence-electron chi connectivity index (χ4n) is 1.79. The molecule has 120 valence electrons. The van der Waals surface area contributed by atoms with Gasteiger partial charge in [0.2, 0.25) is 0 Å². The first kappa shape index (κ1) is 16.8. The van der Waals surface area contributed by atoms with E-state index in [1.165, 1.54) is 25.3 Å². The Hall–Kier alpha value is -2.60. The molecule has 0 unspecified atom stereocenters. The molecular weight excluding hydrogens is 320 g/mol. The van der Waals surface area contributed by atoms with Gasteiger partial charge in [-0.2, -0.15) is 0 Å². The van der Waals surface area contributed by atoms with Gasteiger partial charge in [-0.25, -0.2) is 4.98 Å². The second-order valence-corrected chi connectivity index (χ2v) is 5.16. The van der Waals surface area contributed by atoms with Crippen LogP contribution < -0.4 is 5.32 Å². The maximum absolute atomic E-state index is 12.0. The molecule has 0 aliphatic heterocycles. The van der Waals surface area contributed by atoms with Crippen molar-refractivity contribution >= 4 is 29.2 Å². The standard InChI is InChI=1S/C16H15ClN2O4/c1-10(16(22)19-13-3-2-8-18-15(13)17)23-14(21)9-11-4-6-12(20)7-5-11/h2-8,10,20H,9H2,1H3,(H,19,22)/t10-/m1/s1. The Kier molecular flexibility index (Phi) is 5.54. The molecule has 1 heterocycles. The largest absolute Gasteiger partial charge is 0.508 e. The zero-order valence-electron chi connectivity index (χ0n) is 12.3. The Labute approximate surface area is 138 Å². The molecule has 1 aromatic carbocycles. The highest BCUT2D eigenvalue weighted by atomic mass is 35.5. The van der Waals surface area contributed by atoms with Gasteiger partial charge in [0.05, 0.1) is 12.1 Å². The second kappa shape index (κ2) is 7.60. The molecular formula is C16H15ClN2O4. The zero-order chi connectivity index (χ0) is 16.8. The average Bonchev–Trinajstić information content (AvgIpc) is 2.51. The highest BCUT2D eigenvalue weighted by Gasteiger charge is 2.19. The lowest BCUT2D eigenvalue weighted by molar-refractivity contribution is -0.152. The maximum atomic E-state index is 12.0. The van der Waals surface area contributed by atoms with Crippen molar-refractivity contribution in [2.24, 2.45) is 0 Å². The van der Waals surface area contributed by atoms with Crippen LogP contribution in [0.4, 0.5) is 5.69 Å². The Balaban J connectivity index is 1.89. The molecule has 0 saturated carbocycles. The number of hydrogen-bond donors (Lipinski definition) is 2. The second-order valence-electron chi connectivity index (χ2n) is 4.81. The number of esters is 1. The van der Waals surface area contributed by atoms with Crippen LogP contribution in [0.1, 0.15) is 12.5 Å². The average molecular weight is 335 g/mol. The van der Waals surface area contributed by atoms with E-state index in [0.717, 1.165) is 0 Å². The molecule has 0 aliphatic rings. The van der Waals surface area contributed by atoms with Crippen molar-refractivity contribution < 1.29 is 19.4 Å². The van der Waals surface area contributed by atoms with Gasteiger partial charge in [0, 0.05) is 6.20 Å². The number of nitrogens with zero attached hydrogens (tertiary/aromatic N) is 1. The number of phenolic OH excluding ortho intramolecular Hbond substituents is 1. The predicted molar refractivity (Wildman–Crippen MR) is 85.2 cm³/mol. The minimum atomic E-state index is -0.976. The third kappa shape index (κ3) is 4.96. The molecule has 2 aromatic rings. The summed E-state index contributed by atoms with van der Waals surface area (Å²) < 4.78 is 5.08. The molecule has 1 amide bonds. The van der Waals surface area contributed by atoms with E-state index in [0.29, 0.717) is 11.3 Å². The van der Waals surface area contributed by atoms with Crippen LogP contribution >= 0.6 is 11.6 Å².